The lowest BCUT2D eigenvalue weighted by atomic mass is 9.99. The van der Waals surface area contributed by atoms with Gasteiger partial charge in [0.1, 0.15) is 6.04 Å². The first-order valence-corrected chi connectivity index (χ1v) is 11.9. The molecule has 3 rings (SSSR count). The number of benzene rings is 3. The average Bonchev–Trinajstić information content (AvgIpc) is 2.89. The van der Waals surface area contributed by atoms with Crippen LogP contribution in [0.5, 0.6) is 0 Å². The summed E-state index contributed by atoms with van der Waals surface area (Å²) in [4.78, 5) is 48.7. The molecule has 0 unspecified atom stereocenters. The van der Waals surface area contributed by atoms with Crippen LogP contribution in [-0.4, -0.2) is 35.4 Å². The molecular formula is C27H26ClN3O6. The smallest absolute Gasteiger partial charge is 0.329 e. The van der Waals surface area contributed by atoms with E-state index in [0.29, 0.717) is 0 Å². The Morgan fingerprint density at radius 3 is 2.00 bits per heavy atom. The zero-order valence-electron chi connectivity index (χ0n) is 20.2. The molecule has 3 aromatic rings. The third-order valence-corrected chi connectivity index (χ3v) is 5.86. The van der Waals surface area contributed by atoms with Crippen molar-refractivity contribution >= 4 is 35.1 Å². The van der Waals surface area contributed by atoms with Crippen LogP contribution in [-0.2, 0) is 14.3 Å². The minimum atomic E-state index is -1.12. The van der Waals surface area contributed by atoms with Crippen LogP contribution >= 0.6 is 11.6 Å². The number of hydrogen-bond donors (Lipinski definition) is 2. The van der Waals surface area contributed by atoms with Crippen LogP contribution in [0.25, 0.3) is 0 Å². The number of nitro groups is 1. The van der Waals surface area contributed by atoms with Crippen LogP contribution in [0.3, 0.4) is 0 Å². The van der Waals surface area contributed by atoms with Crippen molar-refractivity contribution in [3.63, 3.8) is 0 Å². The van der Waals surface area contributed by atoms with Gasteiger partial charge in [-0.3, -0.25) is 19.7 Å². The van der Waals surface area contributed by atoms with Gasteiger partial charge in [0.05, 0.1) is 21.6 Å². The van der Waals surface area contributed by atoms with Crippen molar-refractivity contribution in [2.45, 2.75) is 25.9 Å². The fourth-order valence-electron chi connectivity index (χ4n) is 3.60. The van der Waals surface area contributed by atoms with Gasteiger partial charge in [-0.2, -0.15) is 0 Å². The Kier molecular flexibility index (Phi) is 9.34. The maximum Gasteiger partial charge on any atom is 0.329 e. The Labute approximate surface area is 218 Å². The van der Waals surface area contributed by atoms with Crippen molar-refractivity contribution in [1.29, 1.82) is 0 Å². The summed E-state index contributed by atoms with van der Waals surface area (Å²) in [5, 5.41) is 16.4. The fourth-order valence-corrected chi connectivity index (χ4v) is 3.80. The van der Waals surface area contributed by atoms with Gasteiger partial charge in [0, 0.05) is 12.1 Å². The van der Waals surface area contributed by atoms with E-state index in [1.54, 1.807) is 13.8 Å². The van der Waals surface area contributed by atoms with Crippen molar-refractivity contribution in [1.82, 2.24) is 10.6 Å². The van der Waals surface area contributed by atoms with Crippen LogP contribution in [0.15, 0.2) is 78.9 Å². The standard InChI is InChI=1S/C27H26ClN3O6/c1-17(2)24(30-26(33)21-15-20(31(35)36)13-14-22(21)28)27(34)37-16-23(32)29-25(18-9-5-3-6-10-18)19-11-7-4-8-12-19/h3-15,17,24-25H,16H2,1-2H3,(H,29,32)(H,30,33)/t24-/m0/s1. The van der Waals surface area contributed by atoms with Gasteiger partial charge in [0.25, 0.3) is 17.5 Å². The van der Waals surface area contributed by atoms with Crippen molar-refractivity contribution in [3.8, 4) is 0 Å². The van der Waals surface area contributed by atoms with E-state index in [4.69, 9.17) is 16.3 Å². The molecule has 192 valence electrons. The highest BCUT2D eigenvalue weighted by atomic mass is 35.5. The van der Waals surface area contributed by atoms with Gasteiger partial charge in [-0.05, 0) is 23.1 Å². The summed E-state index contributed by atoms with van der Waals surface area (Å²) >= 11 is 6.04. The molecule has 10 heteroatoms. The van der Waals surface area contributed by atoms with Gasteiger partial charge < -0.3 is 15.4 Å². The van der Waals surface area contributed by atoms with E-state index in [1.807, 2.05) is 60.7 Å². The highest BCUT2D eigenvalue weighted by molar-refractivity contribution is 6.34. The monoisotopic (exact) mass is 523 g/mol. The predicted molar refractivity (Wildman–Crippen MR) is 138 cm³/mol. The molecule has 37 heavy (non-hydrogen) atoms. The van der Waals surface area contributed by atoms with Crippen LogP contribution in [0.4, 0.5) is 5.69 Å². The molecular weight excluding hydrogens is 498 g/mol. The first-order chi connectivity index (χ1) is 17.7. The number of carbonyl (C=O) groups excluding carboxylic acids is 3. The van der Waals surface area contributed by atoms with E-state index in [9.17, 15) is 24.5 Å². The molecule has 0 aliphatic heterocycles. The summed E-state index contributed by atoms with van der Waals surface area (Å²) in [7, 11) is 0. The highest BCUT2D eigenvalue weighted by Crippen LogP contribution is 2.23. The van der Waals surface area contributed by atoms with Crippen molar-refractivity contribution < 1.29 is 24.0 Å². The summed E-state index contributed by atoms with van der Waals surface area (Å²) < 4.78 is 5.22. The number of nitrogens with one attached hydrogen (secondary N) is 2. The van der Waals surface area contributed by atoms with Gasteiger partial charge in [-0.25, -0.2) is 4.79 Å². The zero-order valence-corrected chi connectivity index (χ0v) is 21.0. The summed E-state index contributed by atoms with van der Waals surface area (Å²) in [6.45, 7) is 2.80. The number of esters is 1. The number of non-ortho nitro benzene ring substituents is 1. The minimum absolute atomic E-state index is 0.00813. The van der Waals surface area contributed by atoms with E-state index in [2.05, 4.69) is 10.6 Å². The molecule has 0 aliphatic carbocycles. The SMILES string of the molecule is CC(C)[C@H](NC(=O)c1cc([N+](=O)[O-])ccc1Cl)C(=O)OCC(=O)NC(c1ccccc1)c1ccccc1. The Hall–Kier alpha value is -4.24. The Bertz CT molecular complexity index is 1230. The summed E-state index contributed by atoms with van der Waals surface area (Å²) in [6.07, 6.45) is 0. The van der Waals surface area contributed by atoms with E-state index in [-0.39, 0.29) is 16.3 Å². The van der Waals surface area contributed by atoms with Gasteiger partial charge in [0.15, 0.2) is 6.61 Å². The van der Waals surface area contributed by atoms with E-state index >= 15 is 0 Å². The lowest BCUT2D eigenvalue weighted by Gasteiger charge is -2.22. The first kappa shape index (κ1) is 27.3. The molecule has 0 radical (unpaired) electrons. The van der Waals surface area contributed by atoms with Crippen LogP contribution in [0, 0.1) is 16.0 Å². The molecule has 0 aromatic heterocycles. The number of nitrogens with zero attached hydrogens (tertiary/aromatic N) is 1. The number of hydrogen-bond acceptors (Lipinski definition) is 6. The number of amides is 2. The van der Waals surface area contributed by atoms with Crippen molar-refractivity contribution in [2.24, 2.45) is 5.92 Å². The quantitative estimate of drug-likeness (QED) is 0.229. The molecule has 9 nitrogen and oxygen atoms in total. The maximum absolute atomic E-state index is 12.8. The Morgan fingerprint density at radius 1 is 0.919 bits per heavy atom. The van der Waals surface area contributed by atoms with Gasteiger partial charge in [-0.15, -0.1) is 0 Å². The molecule has 3 aromatic carbocycles. The van der Waals surface area contributed by atoms with Crippen LogP contribution < -0.4 is 10.6 Å². The lowest BCUT2D eigenvalue weighted by molar-refractivity contribution is -0.384. The van der Waals surface area contributed by atoms with E-state index < -0.39 is 47.3 Å². The molecule has 0 fully saturated rings. The second-order valence-electron chi connectivity index (χ2n) is 8.55. The van der Waals surface area contributed by atoms with Crippen molar-refractivity contribution in [3.05, 3.63) is 111 Å². The molecule has 0 heterocycles. The molecule has 0 bridgehead atoms. The maximum atomic E-state index is 12.8. The molecule has 0 aliphatic rings. The molecule has 0 saturated heterocycles. The third kappa shape index (κ3) is 7.37. The van der Waals surface area contributed by atoms with Gasteiger partial charge in [0.2, 0.25) is 0 Å². The summed E-state index contributed by atoms with van der Waals surface area (Å²) in [5.74, 6) is -2.53. The molecule has 0 spiro atoms. The second-order valence-corrected chi connectivity index (χ2v) is 8.95. The zero-order chi connectivity index (χ0) is 26.9. The van der Waals surface area contributed by atoms with Crippen LogP contribution in [0.2, 0.25) is 5.02 Å². The summed E-state index contributed by atoms with van der Waals surface area (Å²) in [6, 6.07) is 20.6. The Morgan fingerprint density at radius 2 is 1.49 bits per heavy atom. The molecule has 2 N–H and O–H groups in total. The molecule has 0 saturated carbocycles. The number of ether oxygens (including phenoxy) is 1. The van der Waals surface area contributed by atoms with Crippen molar-refractivity contribution in [2.75, 3.05) is 6.61 Å². The normalized spacial score (nSPS) is 11.6. The molecule has 1 atom stereocenters. The fraction of sp³-hybridized carbons (Fsp3) is 0.222. The number of carbonyl (C=O) groups is 3. The second kappa shape index (κ2) is 12.6. The Balaban J connectivity index is 1.67. The first-order valence-electron chi connectivity index (χ1n) is 11.5. The average molecular weight is 524 g/mol. The lowest BCUT2D eigenvalue weighted by Crippen LogP contribution is -2.46. The highest BCUT2D eigenvalue weighted by Gasteiger charge is 2.28. The third-order valence-electron chi connectivity index (χ3n) is 5.53. The minimum Gasteiger partial charge on any atom is -0.454 e. The van der Waals surface area contributed by atoms with Gasteiger partial charge >= 0.3 is 5.97 Å². The van der Waals surface area contributed by atoms with Gasteiger partial charge in [-0.1, -0.05) is 86.1 Å². The van der Waals surface area contributed by atoms with E-state index in [1.165, 1.54) is 12.1 Å². The number of nitro benzene ring substituents is 1. The predicted octanol–water partition coefficient (Wildman–Crippen LogP) is 4.45. The van der Waals surface area contributed by atoms with E-state index in [0.717, 1.165) is 17.2 Å². The molecule has 2 amide bonds. The largest absolute Gasteiger partial charge is 0.454 e. The summed E-state index contributed by atoms with van der Waals surface area (Å²) in [5.41, 5.74) is 1.24. The number of halogens is 1. The number of rotatable bonds is 10. The topological polar surface area (TPSA) is 128 Å². The van der Waals surface area contributed by atoms with Crippen LogP contribution in [0.1, 0.15) is 41.4 Å².